The fourth-order valence-corrected chi connectivity index (χ4v) is 2.92. The topological polar surface area (TPSA) is 94.2 Å². The summed E-state index contributed by atoms with van der Waals surface area (Å²) in [6, 6.07) is 5.95. The number of nitrogens with one attached hydrogen (secondary N) is 1. The third-order valence-corrected chi connectivity index (χ3v) is 4.34. The number of para-hydroxylation sites is 1. The van der Waals surface area contributed by atoms with Crippen molar-refractivity contribution in [2.75, 3.05) is 39.5 Å². The molecule has 0 aromatic heterocycles. The van der Waals surface area contributed by atoms with Crippen molar-refractivity contribution < 1.29 is 28.6 Å². The highest BCUT2D eigenvalue weighted by atomic mass is 16.5. The highest BCUT2D eigenvalue weighted by molar-refractivity contribution is 6.01. The number of ether oxygens (including phenoxy) is 3. The fraction of sp³-hybridized carbons (Fsp3) is 0.571. The maximum atomic E-state index is 13.2. The largest absolute Gasteiger partial charge is 0.490 e. The van der Waals surface area contributed by atoms with E-state index in [0.717, 1.165) is 0 Å². The number of esters is 1. The Bertz CT molecular complexity index is 706. The second-order valence-electron chi connectivity index (χ2n) is 7.13. The van der Waals surface area contributed by atoms with Crippen LogP contribution in [0.4, 0.5) is 0 Å². The van der Waals surface area contributed by atoms with Crippen molar-refractivity contribution in [1.29, 1.82) is 0 Å². The van der Waals surface area contributed by atoms with Gasteiger partial charge in [0.15, 0.2) is 0 Å². The van der Waals surface area contributed by atoms with Crippen LogP contribution >= 0.6 is 0 Å². The van der Waals surface area contributed by atoms with Crippen molar-refractivity contribution in [2.24, 2.45) is 5.92 Å². The first-order valence-electron chi connectivity index (χ1n) is 9.97. The number of carbonyl (C=O) groups is 3. The van der Waals surface area contributed by atoms with Crippen molar-refractivity contribution in [3.63, 3.8) is 0 Å². The van der Waals surface area contributed by atoms with Crippen LogP contribution in [0.15, 0.2) is 24.3 Å². The highest BCUT2D eigenvalue weighted by Crippen LogP contribution is 2.23. The SMILES string of the molecule is CCOCCOc1ccccc1C(=O)N1CCNC(=O)C1CC(=O)OCC(C)C. The lowest BCUT2D eigenvalue weighted by atomic mass is 10.1. The van der Waals surface area contributed by atoms with Gasteiger partial charge in [0.2, 0.25) is 5.91 Å². The third-order valence-electron chi connectivity index (χ3n) is 4.34. The standard InChI is InChI=1S/C21H30N2O6/c1-4-27-11-12-28-18-8-6-5-7-16(18)21(26)23-10-9-22-20(25)17(23)13-19(24)29-14-15(2)3/h5-8,15,17H,4,9-14H2,1-3H3,(H,22,25). The Morgan fingerprint density at radius 2 is 2.00 bits per heavy atom. The molecule has 1 aliphatic heterocycles. The Labute approximate surface area is 171 Å². The summed E-state index contributed by atoms with van der Waals surface area (Å²) in [4.78, 5) is 39.2. The monoisotopic (exact) mass is 406 g/mol. The summed E-state index contributed by atoms with van der Waals surface area (Å²) in [7, 11) is 0. The summed E-state index contributed by atoms with van der Waals surface area (Å²) in [5.41, 5.74) is 0.347. The molecular weight excluding hydrogens is 376 g/mol. The van der Waals surface area contributed by atoms with Crippen LogP contribution in [-0.4, -0.2) is 68.2 Å². The summed E-state index contributed by atoms with van der Waals surface area (Å²) in [6.07, 6.45) is -0.183. The maximum absolute atomic E-state index is 13.2. The Hall–Kier alpha value is -2.61. The predicted molar refractivity (Wildman–Crippen MR) is 107 cm³/mol. The number of nitrogens with zero attached hydrogens (tertiary/aromatic N) is 1. The maximum Gasteiger partial charge on any atom is 0.308 e. The smallest absolute Gasteiger partial charge is 0.308 e. The fourth-order valence-electron chi connectivity index (χ4n) is 2.92. The Kier molecular flexibility index (Phi) is 8.92. The molecule has 1 unspecified atom stereocenters. The number of piperazine rings is 1. The molecule has 1 aliphatic rings. The van der Waals surface area contributed by atoms with Gasteiger partial charge in [-0.05, 0) is 25.0 Å². The molecule has 1 saturated heterocycles. The van der Waals surface area contributed by atoms with Gasteiger partial charge in [-0.2, -0.15) is 0 Å². The van der Waals surface area contributed by atoms with Gasteiger partial charge in [-0.3, -0.25) is 14.4 Å². The van der Waals surface area contributed by atoms with Crippen molar-refractivity contribution in [2.45, 2.75) is 33.2 Å². The van der Waals surface area contributed by atoms with Crippen LogP contribution in [0, 0.1) is 5.92 Å². The second kappa shape index (κ2) is 11.4. The van der Waals surface area contributed by atoms with Gasteiger partial charge in [0, 0.05) is 19.7 Å². The van der Waals surface area contributed by atoms with Gasteiger partial charge >= 0.3 is 5.97 Å². The first kappa shape index (κ1) is 22.7. The van der Waals surface area contributed by atoms with E-state index >= 15 is 0 Å². The Morgan fingerprint density at radius 1 is 1.24 bits per heavy atom. The van der Waals surface area contributed by atoms with E-state index < -0.39 is 12.0 Å². The molecule has 1 atom stereocenters. The van der Waals surface area contributed by atoms with Crippen LogP contribution < -0.4 is 10.1 Å². The minimum Gasteiger partial charge on any atom is -0.490 e. The molecule has 8 heteroatoms. The molecule has 0 aliphatic carbocycles. The molecule has 8 nitrogen and oxygen atoms in total. The minimum absolute atomic E-state index is 0.183. The van der Waals surface area contributed by atoms with E-state index in [1.165, 1.54) is 4.90 Å². The van der Waals surface area contributed by atoms with Crippen LogP contribution in [0.3, 0.4) is 0 Å². The number of hydrogen-bond acceptors (Lipinski definition) is 6. The van der Waals surface area contributed by atoms with E-state index in [9.17, 15) is 14.4 Å². The van der Waals surface area contributed by atoms with Gasteiger partial charge in [-0.15, -0.1) is 0 Å². The summed E-state index contributed by atoms with van der Waals surface area (Å²) < 4.78 is 16.1. The zero-order chi connectivity index (χ0) is 21.2. The number of hydrogen-bond donors (Lipinski definition) is 1. The van der Waals surface area contributed by atoms with E-state index in [1.54, 1.807) is 24.3 Å². The van der Waals surface area contributed by atoms with E-state index in [0.29, 0.717) is 44.2 Å². The van der Waals surface area contributed by atoms with Gasteiger partial charge in [0.1, 0.15) is 18.4 Å². The number of amides is 2. The molecule has 160 valence electrons. The zero-order valence-electron chi connectivity index (χ0n) is 17.3. The lowest BCUT2D eigenvalue weighted by Gasteiger charge is -2.35. The van der Waals surface area contributed by atoms with E-state index in [-0.39, 0.29) is 30.8 Å². The van der Waals surface area contributed by atoms with Crippen molar-refractivity contribution in [3.8, 4) is 5.75 Å². The molecule has 2 amide bonds. The zero-order valence-corrected chi connectivity index (χ0v) is 17.3. The van der Waals surface area contributed by atoms with Crippen molar-refractivity contribution in [3.05, 3.63) is 29.8 Å². The number of rotatable bonds is 10. The lowest BCUT2D eigenvalue weighted by Crippen LogP contribution is -2.57. The molecule has 1 aromatic carbocycles. The predicted octanol–water partition coefficient (Wildman–Crippen LogP) is 1.63. The summed E-state index contributed by atoms with van der Waals surface area (Å²) in [6.45, 7) is 7.97. The molecule has 29 heavy (non-hydrogen) atoms. The molecule has 1 N–H and O–H groups in total. The van der Waals surface area contributed by atoms with Gasteiger partial charge in [-0.1, -0.05) is 26.0 Å². The number of carbonyl (C=O) groups excluding carboxylic acids is 3. The van der Waals surface area contributed by atoms with E-state index in [1.807, 2.05) is 20.8 Å². The first-order valence-corrected chi connectivity index (χ1v) is 9.97. The molecule has 0 saturated carbocycles. The van der Waals surface area contributed by atoms with Crippen molar-refractivity contribution >= 4 is 17.8 Å². The normalized spacial score (nSPS) is 16.5. The molecular formula is C21H30N2O6. The lowest BCUT2D eigenvalue weighted by molar-refractivity contribution is -0.148. The van der Waals surface area contributed by atoms with Gasteiger partial charge in [0.25, 0.3) is 5.91 Å². The van der Waals surface area contributed by atoms with E-state index in [4.69, 9.17) is 14.2 Å². The molecule has 0 radical (unpaired) electrons. The van der Waals surface area contributed by atoms with E-state index in [2.05, 4.69) is 5.32 Å². The first-order chi connectivity index (χ1) is 13.9. The quantitative estimate of drug-likeness (QED) is 0.469. The van der Waals surface area contributed by atoms with Crippen molar-refractivity contribution in [1.82, 2.24) is 10.2 Å². The number of benzene rings is 1. The summed E-state index contributed by atoms with van der Waals surface area (Å²) in [5, 5.41) is 2.71. The molecule has 1 heterocycles. The van der Waals surface area contributed by atoms with Gasteiger partial charge in [-0.25, -0.2) is 0 Å². The molecule has 2 rings (SSSR count). The average molecular weight is 406 g/mol. The minimum atomic E-state index is -0.910. The molecule has 0 spiro atoms. The van der Waals surface area contributed by atoms with Crippen LogP contribution in [0.25, 0.3) is 0 Å². The van der Waals surface area contributed by atoms with Crippen LogP contribution in [0.1, 0.15) is 37.6 Å². The van der Waals surface area contributed by atoms with Crippen LogP contribution in [-0.2, 0) is 19.1 Å². The summed E-state index contributed by atoms with van der Waals surface area (Å²) in [5.74, 6) is -0.601. The summed E-state index contributed by atoms with van der Waals surface area (Å²) >= 11 is 0. The third kappa shape index (κ3) is 6.74. The Morgan fingerprint density at radius 3 is 2.72 bits per heavy atom. The van der Waals surface area contributed by atoms with Gasteiger partial charge in [0.05, 0.1) is 25.2 Å². The second-order valence-corrected chi connectivity index (χ2v) is 7.13. The van der Waals surface area contributed by atoms with Crippen LogP contribution in [0.5, 0.6) is 5.75 Å². The molecule has 1 aromatic rings. The van der Waals surface area contributed by atoms with Gasteiger partial charge < -0.3 is 24.4 Å². The Balaban J connectivity index is 2.12. The molecule has 0 bridgehead atoms. The molecule has 1 fully saturated rings. The highest BCUT2D eigenvalue weighted by Gasteiger charge is 2.36. The van der Waals surface area contributed by atoms with Crippen LogP contribution in [0.2, 0.25) is 0 Å². The average Bonchev–Trinajstić information content (AvgIpc) is 2.71.